The summed E-state index contributed by atoms with van der Waals surface area (Å²) in [6.07, 6.45) is 0. The van der Waals surface area contributed by atoms with Gasteiger partial charge in [-0.15, -0.1) is 0 Å². The number of benzene rings is 2. The molecule has 126 valence electrons. The number of fused-ring (bicyclic) bond motifs is 1. The molecule has 9 nitrogen and oxygen atoms in total. The highest BCUT2D eigenvalue weighted by molar-refractivity contribution is 5.80. The lowest BCUT2D eigenvalue weighted by molar-refractivity contribution is -0.385. The molecule has 2 aromatic carbocycles. The van der Waals surface area contributed by atoms with Gasteiger partial charge in [0.2, 0.25) is 0 Å². The molecule has 9 heteroatoms. The van der Waals surface area contributed by atoms with E-state index in [4.69, 9.17) is 0 Å². The molecule has 25 heavy (non-hydrogen) atoms. The lowest BCUT2D eigenvalue weighted by Gasteiger charge is -2.11. The fourth-order valence-corrected chi connectivity index (χ4v) is 2.61. The van der Waals surface area contributed by atoms with Gasteiger partial charge in [-0.2, -0.15) is 0 Å². The maximum Gasteiger partial charge on any atom is 0.274 e. The smallest absolute Gasteiger partial charge is 0.274 e. The van der Waals surface area contributed by atoms with Gasteiger partial charge in [0.05, 0.1) is 27.3 Å². The summed E-state index contributed by atoms with van der Waals surface area (Å²) in [4.78, 5) is 38.0. The molecule has 1 aromatic heterocycles. The molecule has 0 fully saturated rings. The van der Waals surface area contributed by atoms with Crippen molar-refractivity contribution in [3.8, 4) is 0 Å². The Balaban J connectivity index is 2.18. The van der Waals surface area contributed by atoms with Crippen molar-refractivity contribution in [1.29, 1.82) is 0 Å². The molecule has 0 saturated heterocycles. The van der Waals surface area contributed by atoms with Crippen LogP contribution in [0.3, 0.4) is 0 Å². The predicted molar refractivity (Wildman–Crippen MR) is 89.6 cm³/mol. The van der Waals surface area contributed by atoms with Gasteiger partial charge < -0.3 is 0 Å². The first kappa shape index (κ1) is 16.2. The van der Waals surface area contributed by atoms with Gasteiger partial charge in [-0.05, 0) is 13.0 Å². The van der Waals surface area contributed by atoms with E-state index in [0.717, 1.165) is 0 Å². The zero-order valence-electron chi connectivity index (χ0n) is 13.1. The highest BCUT2D eigenvalue weighted by atomic mass is 16.6. The number of rotatable bonds is 4. The van der Waals surface area contributed by atoms with Crippen molar-refractivity contribution < 1.29 is 9.85 Å². The van der Waals surface area contributed by atoms with Crippen LogP contribution in [0.25, 0.3) is 10.9 Å². The number of aryl methyl sites for hydroxylation is 1. The molecule has 0 aliphatic heterocycles. The summed E-state index contributed by atoms with van der Waals surface area (Å²) in [5.41, 5.74) is -0.110. The Morgan fingerprint density at radius 3 is 2.48 bits per heavy atom. The van der Waals surface area contributed by atoms with Crippen LogP contribution in [0.4, 0.5) is 11.4 Å². The van der Waals surface area contributed by atoms with Gasteiger partial charge >= 0.3 is 0 Å². The van der Waals surface area contributed by atoms with Crippen LogP contribution in [0.15, 0.2) is 47.3 Å². The number of nitrogens with zero attached hydrogens (tertiary/aromatic N) is 4. The molecule has 1 heterocycles. The second-order valence-electron chi connectivity index (χ2n) is 5.39. The number of hydrogen-bond donors (Lipinski definition) is 0. The van der Waals surface area contributed by atoms with E-state index in [1.807, 2.05) is 0 Å². The molecule has 3 aromatic rings. The number of nitro groups is 2. The Kier molecular flexibility index (Phi) is 3.97. The molecule has 3 rings (SSSR count). The van der Waals surface area contributed by atoms with Gasteiger partial charge in [-0.3, -0.25) is 29.6 Å². The van der Waals surface area contributed by atoms with Crippen LogP contribution in [-0.4, -0.2) is 19.4 Å². The number of non-ortho nitro benzene ring substituents is 1. The van der Waals surface area contributed by atoms with Gasteiger partial charge in [-0.25, -0.2) is 4.98 Å². The molecule has 0 bridgehead atoms. The summed E-state index contributed by atoms with van der Waals surface area (Å²) < 4.78 is 1.27. The molecule has 0 atom stereocenters. The van der Waals surface area contributed by atoms with E-state index in [-0.39, 0.29) is 23.3 Å². The molecule has 0 unspecified atom stereocenters. The highest BCUT2D eigenvalue weighted by Crippen LogP contribution is 2.20. The summed E-state index contributed by atoms with van der Waals surface area (Å²) >= 11 is 0. The van der Waals surface area contributed by atoms with Crippen LogP contribution in [0.2, 0.25) is 0 Å². The zero-order valence-corrected chi connectivity index (χ0v) is 13.1. The first-order valence-corrected chi connectivity index (χ1v) is 7.26. The second kappa shape index (κ2) is 6.11. The monoisotopic (exact) mass is 340 g/mol. The highest BCUT2D eigenvalue weighted by Gasteiger charge is 2.17. The van der Waals surface area contributed by atoms with Crippen molar-refractivity contribution in [3.63, 3.8) is 0 Å². The van der Waals surface area contributed by atoms with Crippen LogP contribution in [0.1, 0.15) is 11.4 Å². The fourth-order valence-electron chi connectivity index (χ4n) is 2.61. The lowest BCUT2D eigenvalue weighted by Crippen LogP contribution is -2.24. The molecule has 0 spiro atoms. The van der Waals surface area contributed by atoms with Crippen molar-refractivity contribution in [1.82, 2.24) is 9.55 Å². The van der Waals surface area contributed by atoms with Crippen LogP contribution in [0.5, 0.6) is 0 Å². The summed E-state index contributed by atoms with van der Waals surface area (Å²) in [6.45, 7) is 1.56. The molecule has 0 aliphatic carbocycles. The van der Waals surface area contributed by atoms with E-state index in [1.54, 1.807) is 25.1 Å². The van der Waals surface area contributed by atoms with Gasteiger partial charge in [0, 0.05) is 23.8 Å². The fraction of sp³-hybridized carbons (Fsp3) is 0.125. The van der Waals surface area contributed by atoms with E-state index < -0.39 is 15.4 Å². The maximum absolute atomic E-state index is 12.7. The van der Waals surface area contributed by atoms with Crippen molar-refractivity contribution in [2.45, 2.75) is 13.5 Å². The first-order valence-electron chi connectivity index (χ1n) is 7.26. The second-order valence-corrected chi connectivity index (χ2v) is 5.39. The maximum atomic E-state index is 12.7. The third kappa shape index (κ3) is 2.94. The first-order chi connectivity index (χ1) is 11.9. The van der Waals surface area contributed by atoms with Gasteiger partial charge in [0.15, 0.2) is 0 Å². The average Bonchev–Trinajstić information content (AvgIpc) is 2.58. The summed E-state index contributed by atoms with van der Waals surface area (Å²) in [6, 6.07) is 9.95. The lowest BCUT2D eigenvalue weighted by atomic mass is 10.1. The van der Waals surface area contributed by atoms with Crippen molar-refractivity contribution >= 4 is 22.3 Å². The van der Waals surface area contributed by atoms with Crippen LogP contribution in [0, 0.1) is 27.2 Å². The minimum atomic E-state index is -0.592. The molecule has 0 radical (unpaired) electrons. The van der Waals surface area contributed by atoms with Crippen molar-refractivity contribution in [2.75, 3.05) is 0 Å². The van der Waals surface area contributed by atoms with E-state index in [1.165, 1.54) is 28.8 Å². The Morgan fingerprint density at radius 1 is 1.08 bits per heavy atom. The Labute approximate surface area is 140 Å². The standard InChI is InChI=1S/C16H12N4O5/c1-10-17-14-7-6-12(19(22)23)8-13(14)16(21)18(10)9-11-4-2-3-5-15(11)20(24)25/h2-8H,9H2,1H3. The molecule has 0 amide bonds. The summed E-state index contributed by atoms with van der Waals surface area (Å²) in [5.74, 6) is 0.365. The van der Waals surface area contributed by atoms with Gasteiger partial charge in [-0.1, -0.05) is 18.2 Å². The Hall–Kier alpha value is -3.62. The topological polar surface area (TPSA) is 121 Å². The molecule has 0 N–H and O–H groups in total. The normalized spacial score (nSPS) is 10.8. The summed E-state index contributed by atoms with van der Waals surface area (Å²) in [7, 11) is 0. The summed E-state index contributed by atoms with van der Waals surface area (Å²) in [5, 5.41) is 22.2. The van der Waals surface area contributed by atoms with Gasteiger partial charge in [0.1, 0.15) is 5.82 Å². The van der Waals surface area contributed by atoms with Crippen molar-refractivity contribution in [3.05, 3.63) is 84.4 Å². The van der Waals surface area contributed by atoms with E-state index in [0.29, 0.717) is 16.9 Å². The Bertz CT molecular complexity index is 1070. The molecule has 0 aliphatic rings. The molecular formula is C16H12N4O5. The van der Waals surface area contributed by atoms with Gasteiger partial charge in [0.25, 0.3) is 16.9 Å². The predicted octanol–water partition coefficient (Wildman–Crippen LogP) is 2.57. The number of para-hydroxylation sites is 1. The largest absolute Gasteiger partial charge is 0.292 e. The zero-order chi connectivity index (χ0) is 18.1. The Morgan fingerprint density at radius 2 is 1.80 bits per heavy atom. The van der Waals surface area contributed by atoms with E-state index in [2.05, 4.69) is 4.98 Å². The van der Waals surface area contributed by atoms with E-state index >= 15 is 0 Å². The molecule has 0 saturated carbocycles. The average molecular weight is 340 g/mol. The SMILES string of the molecule is Cc1nc2ccc([N+](=O)[O-])cc2c(=O)n1Cc1ccccc1[N+](=O)[O-]. The van der Waals surface area contributed by atoms with Crippen molar-refractivity contribution in [2.24, 2.45) is 0 Å². The number of hydrogen-bond acceptors (Lipinski definition) is 6. The van der Waals surface area contributed by atoms with E-state index in [9.17, 15) is 25.0 Å². The molecular weight excluding hydrogens is 328 g/mol. The number of aromatic nitrogens is 2. The minimum Gasteiger partial charge on any atom is -0.292 e. The quantitative estimate of drug-likeness (QED) is 0.531. The van der Waals surface area contributed by atoms with Crippen LogP contribution >= 0.6 is 0 Å². The number of nitro benzene ring substituents is 2. The van der Waals surface area contributed by atoms with Crippen LogP contribution < -0.4 is 5.56 Å². The third-order valence-electron chi connectivity index (χ3n) is 3.86. The third-order valence-corrected chi connectivity index (χ3v) is 3.86. The minimum absolute atomic E-state index is 0.0482. The van der Waals surface area contributed by atoms with Crippen LogP contribution in [-0.2, 0) is 6.54 Å².